The third-order valence-electron chi connectivity index (χ3n) is 10.3. The maximum absolute atomic E-state index is 2.47. The number of hydrogen-bond donors (Lipinski definition) is 0. The maximum Gasteiger partial charge on any atom is 0.0159 e. The van der Waals surface area contributed by atoms with Gasteiger partial charge >= 0.3 is 0 Å². The van der Waals surface area contributed by atoms with Crippen LogP contribution >= 0.6 is 0 Å². The van der Waals surface area contributed by atoms with Gasteiger partial charge in [-0.1, -0.05) is 131 Å². The number of allylic oxidation sites excluding steroid dienone is 4. The van der Waals surface area contributed by atoms with Gasteiger partial charge < -0.3 is 0 Å². The largest absolute Gasteiger partial charge is 0.0622 e. The summed E-state index contributed by atoms with van der Waals surface area (Å²) in [6.45, 7) is 9.50. The predicted molar refractivity (Wildman–Crippen MR) is 179 cm³/mol. The van der Waals surface area contributed by atoms with Gasteiger partial charge in [-0.25, -0.2) is 0 Å². The normalized spacial score (nSPS) is 17.0. The fourth-order valence-electron chi connectivity index (χ4n) is 7.77. The van der Waals surface area contributed by atoms with Gasteiger partial charge in [-0.3, -0.25) is 0 Å². The molecule has 0 heterocycles. The van der Waals surface area contributed by atoms with Crippen molar-refractivity contribution in [2.45, 2.75) is 51.4 Å². The zero-order chi connectivity index (χ0) is 28.6. The van der Waals surface area contributed by atoms with Crippen LogP contribution in [0.2, 0.25) is 0 Å². The van der Waals surface area contributed by atoms with Gasteiger partial charge in [0.15, 0.2) is 0 Å². The van der Waals surface area contributed by atoms with Crippen molar-refractivity contribution in [1.29, 1.82) is 0 Å². The zero-order valence-corrected chi connectivity index (χ0v) is 25.0. The van der Waals surface area contributed by atoms with Crippen LogP contribution in [0.25, 0.3) is 44.5 Å². The van der Waals surface area contributed by atoms with Crippen molar-refractivity contribution in [2.75, 3.05) is 0 Å². The van der Waals surface area contributed by atoms with Crippen LogP contribution in [0, 0.1) is 0 Å². The molecule has 0 aromatic heterocycles. The third kappa shape index (κ3) is 3.68. The molecule has 0 heteroatoms. The van der Waals surface area contributed by atoms with Crippen molar-refractivity contribution in [3.8, 4) is 33.4 Å². The molecule has 0 spiro atoms. The number of rotatable bonds is 3. The van der Waals surface area contributed by atoms with Gasteiger partial charge in [0.2, 0.25) is 0 Å². The minimum atomic E-state index is -0.0313. The molecule has 8 rings (SSSR count). The number of benzene rings is 5. The molecule has 42 heavy (non-hydrogen) atoms. The lowest BCUT2D eigenvalue weighted by atomic mass is 9.80. The van der Waals surface area contributed by atoms with Crippen molar-refractivity contribution < 1.29 is 0 Å². The monoisotopic (exact) mass is 540 g/mol. The summed E-state index contributed by atoms with van der Waals surface area (Å²) in [6.07, 6.45) is 6.88. The third-order valence-corrected chi connectivity index (χ3v) is 10.3. The zero-order valence-electron chi connectivity index (χ0n) is 25.0. The molecule has 3 aliphatic carbocycles. The molecule has 0 fully saturated rings. The van der Waals surface area contributed by atoms with E-state index in [0.29, 0.717) is 0 Å². The van der Waals surface area contributed by atoms with Crippen molar-refractivity contribution in [1.82, 2.24) is 0 Å². The van der Waals surface area contributed by atoms with Crippen LogP contribution in [-0.2, 0) is 10.8 Å². The van der Waals surface area contributed by atoms with Gasteiger partial charge in [0.05, 0.1) is 0 Å². The van der Waals surface area contributed by atoms with Crippen LogP contribution in [0.5, 0.6) is 0 Å². The summed E-state index contributed by atoms with van der Waals surface area (Å²) in [5, 5.41) is 0. The topological polar surface area (TPSA) is 0 Å². The lowest BCUT2D eigenvalue weighted by Crippen LogP contribution is -2.15. The molecule has 0 saturated carbocycles. The molecule has 0 nitrogen and oxygen atoms in total. The number of fused-ring (bicyclic) bond motifs is 6. The molecule has 0 bridgehead atoms. The van der Waals surface area contributed by atoms with Gasteiger partial charge in [-0.15, -0.1) is 0 Å². The molecule has 3 aliphatic rings. The van der Waals surface area contributed by atoms with E-state index in [4.69, 9.17) is 0 Å². The molecule has 0 N–H and O–H groups in total. The van der Waals surface area contributed by atoms with E-state index in [1.165, 1.54) is 77.9 Å². The lowest BCUT2D eigenvalue weighted by Gasteiger charge is -2.24. The highest BCUT2D eigenvalue weighted by atomic mass is 14.4. The van der Waals surface area contributed by atoms with Crippen LogP contribution < -0.4 is 0 Å². The van der Waals surface area contributed by atoms with Crippen LogP contribution in [0.4, 0.5) is 0 Å². The lowest BCUT2D eigenvalue weighted by molar-refractivity contribution is 0.660. The number of hydrogen-bond acceptors (Lipinski definition) is 0. The van der Waals surface area contributed by atoms with Crippen molar-refractivity contribution in [2.24, 2.45) is 0 Å². The van der Waals surface area contributed by atoms with Gasteiger partial charge in [0, 0.05) is 10.8 Å². The van der Waals surface area contributed by atoms with Gasteiger partial charge in [-0.05, 0) is 109 Å². The molecule has 204 valence electrons. The molecule has 5 aromatic rings. The van der Waals surface area contributed by atoms with Crippen LogP contribution in [0.3, 0.4) is 0 Å². The smallest absolute Gasteiger partial charge is 0.0159 e. The Morgan fingerprint density at radius 1 is 0.381 bits per heavy atom. The summed E-state index contributed by atoms with van der Waals surface area (Å²) < 4.78 is 0. The summed E-state index contributed by atoms with van der Waals surface area (Å²) >= 11 is 0. The van der Waals surface area contributed by atoms with Crippen molar-refractivity contribution in [3.05, 3.63) is 155 Å². The fraction of sp³-hybridized carbons (Fsp3) is 0.190. The Bertz CT molecular complexity index is 1960. The first-order chi connectivity index (χ1) is 20.3. The van der Waals surface area contributed by atoms with E-state index in [9.17, 15) is 0 Å². The van der Waals surface area contributed by atoms with E-state index in [-0.39, 0.29) is 10.8 Å². The molecule has 0 saturated heterocycles. The van der Waals surface area contributed by atoms with Crippen LogP contribution in [-0.4, -0.2) is 0 Å². The van der Waals surface area contributed by atoms with E-state index >= 15 is 0 Å². The molecule has 0 radical (unpaired) electrons. The second kappa shape index (κ2) is 9.04. The highest BCUT2D eigenvalue weighted by Gasteiger charge is 2.37. The van der Waals surface area contributed by atoms with E-state index in [2.05, 4.69) is 149 Å². The Kier molecular flexibility index (Phi) is 5.44. The van der Waals surface area contributed by atoms with Crippen LogP contribution in [0.1, 0.15) is 73.9 Å². The van der Waals surface area contributed by atoms with E-state index in [1.807, 2.05) is 0 Å². The second-order valence-electron chi connectivity index (χ2n) is 13.3. The highest BCUT2D eigenvalue weighted by molar-refractivity contribution is 5.87. The molecule has 0 atom stereocenters. The Labute approximate surface area is 250 Å². The van der Waals surface area contributed by atoms with E-state index in [1.54, 1.807) is 0 Å². The maximum atomic E-state index is 2.47. The molecular formula is C42H36. The molecule has 5 aromatic carbocycles. The quantitative estimate of drug-likeness (QED) is 0.213. The molecule has 0 amide bonds. The predicted octanol–water partition coefficient (Wildman–Crippen LogP) is 11.2. The minimum Gasteiger partial charge on any atom is -0.0622 e. The first-order valence-corrected chi connectivity index (χ1v) is 15.3. The summed E-state index contributed by atoms with van der Waals surface area (Å²) in [4.78, 5) is 0. The van der Waals surface area contributed by atoms with Gasteiger partial charge in [-0.2, -0.15) is 0 Å². The second-order valence-corrected chi connectivity index (χ2v) is 13.3. The average molecular weight is 541 g/mol. The van der Waals surface area contributed by atoms with Crippen molar-refractivity contribution >= 4 is 11.1 Å². The standard InChI is InChI=1S/C42H36/c1-41(2)37-13-9-8-12-33(37)34-21-19-31(25-38(34)41)28-14-16-29(17-15-28)32-20-23-36-35-22-18-30(27-10-6-5-7-11-27)24-39(35)42(3,4)40(36)26-32/h5-14,16,18-26H,15,17H2,1-4H3. The first kappa shape index (κ1) is 25.3. The van der Waals surface area contributed by atoms with Crippen LogP contribution in [0.15, 0.2) is 121 Å². The minimum absolute atomic E-state index is 0.0313. The molecular weight excluding hydrogens is 504 g/mol. The average Bonchev–Trinajstić information content (AvgIpc) is 3.40. The van der Waals surface area contributed by atoms with Gasteiger partial charge in [0.25, 0.3) is 0 Å². The summed E-state index contributed by atoms with van der Waals surface area (Å²) in [5.74, 6) is 0. The highest BCUT2D eigenvalue weighted by Crippen LogP contribution is 2.51. The molecule has 0 aliphatic heterocycles. The SMILES string of the molecule is CC1(C)c2ccccc2-c2ccc(C3=CC=C(c4ccc5c(c4)C(C)(C)c4cc(-c6ccccc6)ccc4-5)CC3)cc21. The molecule has 0 unspecified atom stereocenters. The van der Waals surface area contributed by atoms with Gasteiger partial charge in [0.1, 0.15) is 0 Å². The van der Waals surface area contributed by atoms with E-state index < -0.39 is 0 Å². The Morgan fingerprint density at radius 3 is 1.36 bits per heavy atom. The Hall–Kier alpha value is -4.42. The first-order valence-electron chi connectivity index (χ1n) is 15.3. The fourth-order valence-corrected chi connectivity index (χ4v) is 7.77. The summed E-state index contributed by atoms with van der Waals surface area (Å²) in [6, 6.07) is 41.0. The summed E-state index contributed by atoms with van der Waals surface area (Å²) in [7, 11) is 0. The summed E-state index contributed by atoms with van der Waals surface area (Å²) in [5.41, 5.74) is 19.5. The Morgan fingerprint density at radius 2 is 0.810 bits per heavy atom. The van der Waals surface area contributed by atoms with Crippen molar-refractivity contribution in [3.63, 3.8) is 0 Å². The van der Waals surface area contributed by atoms with E-state index in [0.717, 1.165) is 12.8 Å². The Balaban J connectivity index is 1.11.